The van der Waals surface area contributed by atoms with Gasteiger partial charge in [0, 0.05) is 11.6 Å². The molecule has 0 spiro atoms. The van der Waals surface area contributed by atoms with Crippen molar-refractivity contribution in [1.82, 2.24) is 5.32 Å². The van der Waals surface area contributed by atoms with Crippen LogP contribution in [0.15, 0.2) is 18.2 Å². The third-order valence-electron chi connectivity index (χ3n) is 3.97. The highest BCUT2D eigenvalue weighted by molar-refractivity contribution is 5.44. The minimum atomic E-state index is 0.0403. The SMILES string of the molecule is CNC(COc1ccc(OC)cc1C(C)(C)C)C1CC1. The lowest BCUT2D eigenvalue weighted by atomic mass is 9.86. The maximum atomic E-state index is 6.10. The van der Waals surface area contributed by atoms with E-state index in [1.807, 2.05) is 19.2 Å². The Hall–Kier alpha value is -1.22. The first-order chi connectivity index (χ1) is 9.45. The summed E-state index contributed by atoms with van der Waals surface area (Å²) in [4.78, 5) is 0. The van der Waals surface area contributed by atoms with Crippen molar-refractivity contribution in [3.63, 3.8) is 0 Å². The lowest BCUT2D eigenvalue weighted by Crippen LogP contribution is -2.34. The molecule has 1 aromatic carbocycles. The molecule has 20 heavy (non-hydrogen) atoms. The van der Waals surface area contributed by atoms with Gasteiger partial charge in [-0.15, -0.1) is 0 Å². The van der Waals surface area contributed by atoms with Gasteiger partial charge in [0.1, 0.15) is 18.1 Å². The van der Waals surface area contributed by atoms with Gasteiger partial charge in [0.15, 0.2) is 0 Å². The zero-order chi connectivity index (χ0) is 14.8. The third-order valence-corrected chi connectivity index (χ3v) is 3.97. The highest BCUT2D eigenvalue weighted by Gasteiger charge is 2.31. The van der Waals surface area contributed by atoms with Crippen LogP contribution < -0.4 is 14.8 Å². The highest BCUT2D eigenvalue weighted by Crippen LogP contribution is 2.36. The van der Waals surface area contributed by atoms with E-state index in [2.05, 4.69) is 32.2 Å². The Morgan fingerprint density at radius 2 is 2.00 bits per heavy atom. The van der Waals surface area contributed by atoms with E-state index in [4.69, 9.17) is 9.47 Å². The first-order valence-electron chi connectivity index (χ1n) is 7.44. The molecule has 0 heterocycles. The van der Waals surface area contributed by atoms with Gasteiger partial charge >= 0.3 is 0 Å². The number of hydrogen-bond acceptors (Lipinski definition) is 3. The van der Waals surface area contributed by atoms with Gasteiger partial charge in [-0.25, -0.2) is 0 Å². The number of ether oxygens (including phenoxy) is 2. The van der Waals surface area contributed by atoms with Crippen LogP contribution in [0.3, 0.4) is 0 Å². The first kappa shape index (κ1) is 15.2. The quantitative estimate of drug-likeness (QED) is 0.865. The van der Waals surface area contributed by atoms with E-state index in [0.29, 0.717) is 6.04 Å². The minimum Gasteiger partial charge on any atom is -0.497 e. The minimum absolute atomic E-state index is 0.0403. The predicted octanol–water partition coefficient (Wildman–Crippen LogP) is 3.37. The maximum Gasteiger partial charge on any atom is 0.123 e. The Morgan fingerprint density at radius 3 is 2.50 bits per heavy atom. The molecule has 1 saturated carbocycles. The second-order valence-electron chi connectivity index (χ2n) is 6.66. The molecule has 1 unspecified atom stereocenters. The Labute approximate surface area is 122 Å². The van der Waals surface area contributed by atoms with E-state index in [1.165, 1.54) is 18.4 Å². The summed E-state index contributed by atoms with van der Waals surface area (Å²) in [7, 11) is 3.72. The predicted molar refractivity (Wildman–Crippen MR) is 82.8 cm³/mol. The molecule has 2 rings (SSSR count). The standard InChI is InChI=1S/C17H27NO2/c1-17(2,3)14-10-13(19-5)8-9-16(14)20-11-15(18-4)12-6-7-12/h8-10,12,15,18H,6-7,11H2,1-5H3. The molecule has 1 aromatic rings. The Kier molecular flexibility index (Phi) is 4.59. The number of benzene rings is 1. The Morgan fingerprint density at radius 1 is 1.30 bits per heavy atom. The van der Waals surface area contributed by atoms with Crippen LogP contribution in [0.1, 0.15) is 39.2 Å². The number of rotatable bonds is 6. The molecule has 112 valence electrons. The second kappa shape index (κ2) is 6.04. The fourth-order valence-corrected chi connectivity index (χ4v) is 2.48. The molecular formula is C17H27NO2. The monoisotopic (exact) mass is 277 g/mol. The van der Waals surface area contributed by atoms with Gasteiger partial charge in [0.05, 0.1) is 7.11 Å². The summed E-state index contributed by atoms with van der Waals surface area (Å²) in [5.74, 6) is 2.64. The van der Waals surface area contributed by atoms with E-state index in [1.54, 1.807) is 7.11 Å². The summed E-state index contributed by atoms with van der Waals surface area (Å²) < 4.78 is 11.4. The van der Waals surface area contributed by atoms with Crippen LogP contribution >= 0.6 is 0 Å². The fraction of sp³-hybridized carbons (Fsp3) is 0.647. The zero-order valence-electron chi connectivity index (χ0n) is 13.3. The highest BCUT2D eigenvalue weighted by atomic mass is 16.5. The van der Waals surface area contributed by atoms with E-state index in [9.17, 15) is 0 Å². The van der Waals surface area contributed by atoms with E-state index >= 15 is 0 Å². The second-order valence-corrected chi connectivity index (χ2v) is 6.66. The number of methoxy groups -OCH3 is 1. The summed E-state index contributed by atoms with van der Waals surface area (Å²) in [5.41, 5.74) is 1.24. The van der Waals surface area contributed by atoms with Crippen molar-refractivity contribution in [2.45, 2.75) is 45.1 Å². The fourth-order valence-electron chi connectivity index (χ4n) is 2.48. The van der Waals surface area contributed by atoms with Crippen LogP contribution in [-0.2, 0) is 5.41 Å². The molecule has 1 aliphatic carbocycles. The van der Waals surface area contributed by atoms with Crippen molar-refractivity contribution in [2.24, 2.45) is 5.92 Å². The normalized spacial score (nSPS) is 16.9. The summed E-state index contributed by atoms with van der Waals surface area (Å²) >= 11 is 0. The van der Waals surface area contributed by atoms with Gasteiger partial charge in [-0.2, -0.15) is 0 Å². The number of hydrogen-bond donors (Lipinski definition) is 1. The van der Waals surface area contributed by atoms with Crippen molar-refractivity contribution in [3.8, 4) is 11.5 Å². The molecule has 1 fully saturated rings. The molecule has 0 radical (unpaired) electrons. The molecule has 3 heteroatoms. The van der Waals surface area contributed by atoms with E-state index < -0.39 is 0 Å². The average molecular weight is 277 g/mol. The summed E-state index contributed by atoms with van der Waals surface area (Å²) in [6.07, 6.45) is 2.65. The third kappa shape index (κ3) is 3.66. The van der Waals surface area contributed by atoms with Gasteiger partial charge in [-0.1, -0.05) is 20.8 Å². The molecule has 0 bridgehead atoms. The number of likely N-dealkylation sites (N-methyl/N-ethyl adjacent to an activating group) is 1. The molecule has 0 saturated heterocycles. The molecule has 3 nitrogen and oxygen atoms in total. The largest absolute Gasteiger partial charge is 0.497 e. The van der Waals surface area contributed by atoms with E-state index in [-0.39, 0.29) is 5.41 Å². The topological polar surface area (TPSA) is 30.5 Å². The van der Waals surface area contributed by atoms with Crippen LogP contribution in [0.4, 0.5) is 0 Å². The van der Waals surface area contributed by atoms with Gasteiger partial charge in [0.25, 0.3) is 0 Å². The summed E-state index contributed by atoms with van der Waals surface area (Å²) in [6, 6.07) is 6.54. The van der Waals surface area contributed by atoms with Gasteiger partial charge in [0.2, 0.25) is 0 Å². The smallest absolute Gasteiger partial charge is 0.123 e. The van der Waals surface area contributed by atoms with Gasteiger partial charge in [-0.3, -0.25) is 0 Å². The molecular weight excluding hydrogens is 250 g/mol. The maximum absolute atomic E-state index is 6.10. The molecule has 0 aromatic heterocycles. The molecule has 0 amide bonds. The van der Waals surface area contributed by atoms with Crippen LogP contribution in [0.2, 0.25) is 0 Å². The zero-order valence-corrected chi connectivity index (χ0v) is 13.3. The molecule has 0 aliphatic heterocycles. The summed E-state index contributed by atoms with van der Waals surface area (Å²) in [5, 5.41) is 3.37. The van der Waals surface area contributed by atoms with Crippen LogP contribution in [0.25, 0.3) is 0 Å². The van der Waals surface area contributed by atoms with Crippen LogP contribution in [-0.4, -0.2) is 26.8 Å². The average Bonchev–Trinajstić information content (AvgIpc) is 3.23. The molecule has 1 aliphatic rings. The molecule has 1 N–H and O–H groups in total. The lowest BCUT2D eigenvalue weighted by Gasteiger charge is -2.25. The van der Waals surface area contributed by atoms with Crippen molar-refractivity contribution in [1.29, 1.82) is 0 Å². The van der Waals surface area contributed by atoms with Crippen LogP contribution in [0.5, 0.6) is 11.5 Å². The first-order valence-corrected chi connectivity index (χ1v) is 7.44. The van der Waals surface area contributed by atoms with E-state index in [0.717, 1.165) is 24.0 Å². The van der Waals surface area contributed by atoms with Gasteiger partial charge < -0.3 is 14.8 Å². The lowest BCUT2D eigenvalue weighted by molar-refractivity contribution is 0.251. The summed E-state index contributed by atoms with van der Waals surface area (Å²) in [6.45, 7) is 7.33. The van der Waals surface area contributed by atoms with Crippen LogP contribution in [0, 0.1) is 5.92 Å². The molecule has 1 atom stereocenters. The van der Waals surface area contributed by atoms with Gasteiger partial charge in [-0.05, 0) is 49.4 Å². The van der Waals surface area contributed by atoms with Crippen molar-refractivity contribution in [2.75, 3.05) is 20.8 Å². The number of nitrogens with one attached hydrogen (secondary N) is 1. The van der Waals surface area contributed by atoms with Crippen molar-refractivity contribution >= 4 is 0 Å². The van der Waals surface area contributed by atoms with Crippen molar-refractivity contribution in [3.05, 3.63) is 23.8 Å². The Balaban J connectivity index is 2.13. The Bertz CT molecular complexity index is 447. The van der Waals surface area contributed by atoms with Crippen molar-refractivity contribution < 1.29 is 9.47 Å².